The summed E-state index contributed by atoms with van der Waals surface area (Å²) in [5.74, 6) is 0.862. The first-order valence-electron chi connectivity index (χ1n) is 10.9. The van der Waals surface area contributed by atoms with Gasteiger partial charge >= 0.3 is 6.09 Å². The molecule has 0 unspecified atom stereocenters. The van der Waals surface area contributed by atoms with Crippen LogP contribution in [0.5, 0.6) is 0 Å². The normalized spacial score (nSPS) is 19.5. The number of ether oxygens (including phenoxy) is 2. The van der Waals surface area contributed by atoms with Crippen LogP contribution in [0.3, 0.4) is 0 Å². The standard InChI is InChI=1S/C21H41N5O3.HI/c1-20(2,3)29-19(27)26-14-12-25(13-15-26)11-10-23-18(22-4)24-17-21(7-6-8-21)9-16-28-5;/h6-17H2,1-5H3,(H2,22,23,24);1H. The van der Waals surface area contributed by atoms with Crippen LogP contribution in [0.2, 0.25) is 0 Å². The fourth-order valence-corrected chi connectivity index (χ4v) is 3.82. The summed E-state index contributed by atoms with van der Waals surface area (Å²) in [7, 11) is 3.59. The smallest absolute Gasteiger partial charge is 0.410 e. The molecule has 2 rings (SSSR count). The topological polar surface area (TPSA) is 78.4 Å². The molecule has 1 saturated heterocycles. The number of hydrogen-bond acceptors (Lipinski definition) is 5. The molecule has 0 bridgehead atoms. The highest BCUT2D eigenvalue weighted by Crippen LogP contribution is 2.43. The molecule has 2 fully saturated rings. The molecular weight excluding hydrogens is 497 g/mol. The molecule has 1 aliphatic heterocycles. The zero-order valence-corrected chi connectivity index (χ0v) is 21.8. The minimum atomic E-state index is -0.442. The van der Waals surface area contributed by atoms with E-state index in [9.17, 15) is 4.79 Å². The van der Waals surface area contributed by atoms with E-state index in [4.69, 9.17) is 9.47 Å². The van der Waals surface area contributed by atoms with Gasteiger partial charge < -0.3 is 25.0 Å². The molecule has 0 atom stereocenters. The van der Waals surface area contributed by atoms with Crippen LogP contribution in [-0.4, -0.2) is 94.0 Å². The van der Waals surface area contributed by atoms with Gasteiger partial charge in [0.2, 0.25) is 0 Å². The molecule has 1 aliphatic carbocycles. The number of aliphatic imine (C=N–C) groups is 1. The van der Waals surface area contributed by atoms with Crippen molar-refractivity contribution in [1.82, 2.24) is 20.4 Å². The van der Waals surface area contributed by atoms with Crippen LogP contribution in [0.1, 0.15) is 46.5 Å². The average molecular weight is 540 g/mol. The van der Waals surface area contributed by atoms with Crippen molar-refractivity contribution in [2.45, 2.75) is 52.1 Å². The van der Waals surface area contributed by atoms with Gasteiger partial charge in [-0.25, -0.2) is 4.79 Å². The highest BCUT2D eigenvalue weighted by Gasteiger charge is 2.36. The quantitative estimate of drug-likeness (QED) is 0.281. The molecule has 0 spiro atoms. The second-order valence-corrected chi connectivity index (χ2v) is 9.26. The van der Waals surface area contributed by atoms with Crippen molar-refractivity contribution < 1.29 is 14.3 Å². The van der Waals surface area contributed by atoms with E-state index >= 15 is 0 Å². The summed E-state index contributed by atoms with van der Waals surface area (Å²) in [4.78, 5) is 20.7. The molecule has 2 aliphatic rings. The van der Waals surface area contributed by atoms with Gasteiger partial charge in [-0.3, -0.25) is 9.89 Å². The SMILES string of the molecule is CN=C(NCCN1CCN(C(=O)OC(C)(C)C)CC1)NCC1(CCOC)CCC1.I. The van der Waals surface area contributed by atoms with Gasteiger partial charge in [-0.15, -0.1) is 24.0 Å². The number of nitrogens with zero attached hydrogens (tertiary/aromatic N) is 3. The lowest BCUT2D eigenvalue weighted by atomic mass is 9.67. The Hall–Kier alpha value is -0.810. The van der Waals surface area contributed by atoms with E-state index in [2.05, 4.69) is 20.5 Å². The number of guanidine groups is 1. The first kappa shape index (κ1) is 27.2. The summed E-state index contributed by atoms with van der Waals surface area (Å²) in [6.45, 7) is 12.4. The third-order valence-corrected chi connectivity index (χ3v) is 5.85. The first-order valence-corrected chi connectivity index (χ1v) is 10.9. The van der Waals surface area contributed by atoms with Gasteiger partial charge in [-0.2, -0.15) is 0 Å². The number of carbonyl (C=O) groups is 1. The fraction of sp³-hybridized carbons (Fsp3) is 0.905. The lowest BCUT2D eigenvalue weighted by Crippen LogP contribution is -2.52. The first-order chi connectivity index (χ1) is 13.8. The van der Waals surface area contributed by atoms with E-state index in [1.807, 2.05) is 27.8 Å². The van der Waals surface area contributed by atoms with Gasteiger partial charge in [0.1, 0.15) is 5.60 Å². The molecule has 2 N–H and O–H groups in total. The van der Waals surface area contributed by atoms with Crippen LogP contribution in [-0.2, 0) is 9.47 Å². The number of methoxy groups -OCH3 is 1. The molecule has 1 saturated carbocycles. The van der Waals surface area contributed by atoms with Gasteiger partial charge in [0.15, 0.2) is 5.96 Å². The zero-order valence-electron chi connectivity index (χ0n) is 19.5. The summed E-state index contributed by atoms with van der Waals surface area (Å²) in [6, 6.07) is 0. The van der Waals surface area contributed by atoms with Crippen molar-refractivity contribution in [2.75, 3.05) is 66.6 Å². The molecule has 0 radical (unpaired) electrons. The maximum absolute atomic E-state index is 12.2. The van der Waals surface area contributed by atoms with Crippen molar-refractivity contribution in [1.29, 1.82) is 0 Å². The van der Waals surface area contributed by atoms with Crippen molar-refractivity contribution >= 4 is 36.0 Å². The number of carbonyl (C=O) groups excluding carboxylic acids is 1. The van der Waals surface area contributed by atoms with Crippen LogP contribution in [0, 0.1) is 5.41 Å². The monoisotopic (exact) mass is 539 g/mol. The second-order valence-electron chi connectivity index (χ2n) is 9.26. The van der Waals surface area contributed by atoms with Crippen LogP contribution < -0.4 is 10.6 Å². The Morgan fingerprint density at radius 1 is 1.13 bits per heavy atom. The summed E-state index contributed by atoms with van der Waals surface area (Å²) >= 11 is 0. The predicted molar refractivity (Wildman–Crippen MR) is 132 cm³/mol. The number of halogens is 1. The highest BCUT2D eigenvalue weighted by molar-refractivity contribution is 14.0. The lowest BCUT2D eigenvalue weighted by molar-refractivity contribution is 0.0147. The van der Waals surface area contributed by atoms with E-state index < -0.39 is 5.60 Å². The van der Waals surface area contributed by atoms with E-state index in [1.165, 1.54) is 19.3 Å². The molecule has 0 aromatic rings. The largest absolute Gasteiger partial charge is 0.444 e. The Balaban J connectivity index is 0.00000450. The Bertz CT molecular complexity index is 541. The maximum atomic E-state index is 12.2. The van der Waals surface area contributed by atoms with Crippen molar-refractivity contribution in [3.8, 4) is 0 Å². The molecule has 9 heteroatoms. The summed E-state index contributed by atoms with van der Waals surface area (Å²) in [5, 5.41) is 6.92. The molecule has 0 aromatic carbocycles. The van der Waals surface area contributed by atoms with E-state index in [0.717, 1.165) is 51.7 Å². The van der Waals surface area contributed by atoms with E-state index in [0.29, 0.717) is 18.5 Å². The summed E-state index contributed by atoms with van der Waals surface area (Å²) < 4.78 is 10.7. The fourth-order valence-electron chi connectivity index (χ4n) is 3.82. The molecule has 176 valence electrons. The summed E-state index contributed by atoms with van der Waals surface area (Å²) in [6.07, 6.45) is 4.74. The molecule has 1 heterocycles. The van der Waals surface area contributed by atoms with Crippen LogP contribution >= 0.6 is 24.0 Å². The summed E-state index contributed by atoms with van der Waals surface area (Å²) in [5.41, 5.74) is -0.0751. The minimum absolute atomic E-state index is 0. The zero-order chi connectivity index (χ0) is 21.3. The third kappa shape index (κ3) is 9.13. The molecule has 30 heavy (non-hydrogen) atoms. The molecule has 8 nitrogen and oxygen atoms in total. The van der Waals surface area contributed by atoms with Gasteiger partial charge in [-0.1, -0.05) is 6.42 Å². The van der Waals surface area contributed by atoms with Crippen LogP contribution in [0.15, 0.2) is 4.99 Å². The van der Waals surface area contributed by atoms with E-state index in [1.54, 1.807) is 12.0 Å². The van der Waals surface area contributed by atoms with Gasteiger partial charge in [-0.05, 0) is 45.4 Å². The van der Waals surface area contributed by atoms with Crippen molar-refractivity contribution in [2.24, 2.45) is 10.4 Å². The Kier molecular flexibility index (Phi) is 11.7. The number of piperazine rings is 1. The van der Waals surface area contributed by atoms with Crippen LogP contribution in [0.4, 0.5) is 4.79 Å². The van der Waals surface area contributed by atoms with E-state index in [-0.39, 0.29) is 30.1 Å². The highest BCUT2D eigenvalue weighted by atomic mass is 127. The Labute approximate surface area is 199 Å². The number of hydrogen-bond donors (Lipinski definition) is 2. The number of amides is 1. The lowest BCUT2D eigenvalue weighted by Gasteiger charge is -2.42. The third-order valence-electron chi connectivity index (χ3n) is 5.85. The Morgan fingerprint density at radius 2 is 1.80 bits per heavy atom. The van der Waals surface area contributed by atoms with Crippen molar-refractivity contribution in [3.63, 3.8) is 0 Å². The number of nitrogens with one attached hydrogen (secondary N) is 2. The predicted octanol–water partition coefficient (Wildman–Crippen LogP) is 2.53. The second kappa shape index (κ2) is 12.9. The van der Waals surface area contributed by atoms with Gasteiger partial charge in [0, 0.05) is 66.6 Å². The Morgan fingerprint density at radius 3 is 2.30 bits per heavy atom. The van der Waals surface area contributed by atoms with Crippen LogP contribution in [0.25, 0.3) is 0 Å². The number of rotatable bonds is 8. The minimum Gasteiger partial charge on any atom is -0.444 e. The molecule has 1 amide bonds. The van der Waals surface area contributed by atoms with Crippen molar-refractivity contribution in [3.05, 3.63) is 0 Å². The van der Waals surface area contributed by atoms with Gasteiger partial charge in [0.05, 0.1) is 0 Å². The average Bonchev–Trinajstić information content (AvgIpc) is 2.64. The molecular formula is C21H42IN5O3. The molecule has 0 aromatic heterocycles. The van der Waals surface area contributed by atoms with Gasteiger partial charge in [0.25, 0.3) is 0 Å². The maximum Gasteiger partial charge on any atom is 0.410 e.